The summed E-state index contributed by atoms with van der Waals surface area (Å²) < 4.78 is 0. The van der Waals surface area contributed by atoms with Crippen LogP contribution in [0.4, 0.5) is 5.69 Å². The number of hydrogen-bond donors (Lipinski definition) is 1. The monoisotopic (exact) mass is 259 g/mol. The van der Waals surface area contributed by atoms with Crippen molar-refractivity contribution in [2.45, 2.75) is 65.3 Å². The van der Waals surface area contributed by atoms with Crippen molar-refractivity contribution in [1.29, 1.82) is 0 Å². The lowest BCUT2D eigenvalue weighted by molar-refractivity contribution is 0.267. The van der Waals surface area contributed by atoms with E-state index in [1.165, 1.54) is 49.8 Å². The molecule has 1 aromatic carbocycles. The van der Waals surface area contributed by atoms with Crippen molar-refractivity contribution < 1.29 is 0 Å². The summed E-state index contributed by atoms with van der Waals surface area (Å²) in [5, 5.41) is 3.71. The molecule has 106 valence electrons. The molecule has 1 aliphatic rings. The Morgan fingerprint density at radius 3 is 2.21 bits per heavy atom. The number of nitrogens with one attached hydrogen (secondary N) is 1. The fourth-order valence-electron chi connectivity index (χ4n) is 3.22. The van der Waals surface area contributed by atoms with E-state index >= 15 is 0 Å². The Morgan fingerprint density at radius 2 is 1.68 bits per heavy atom. The summed E-state index contributed by atoms with van der Waals surface area (Å²) in [6.07, 6.45) is 7.87. The molecule has 0 unspecified atom stereocenters. The van der Waals surface area contributed by atoms with Gasteiger partial charge in [-0.2, -0.15) is 0 Å². The maximum atomic E-state index is 3.71. The molecule has 0 heterocycles. The third-order valence-corrected chi connectivity index (χ3v) is 4.58. The molecule has 1 nitrogen and oxygen atoms in total. The fraction of sp³-hybridized carbons (Fsp3) is 0.667. The number of rotatable bonds is 5. The summed E-state index contributed by atoms with van der Waals surface area (Å²) in [7, 11) is 0. The van der Waals surface area contributed by atoms with Gasteiger partial charge in [-0.05, 0) is 61.6 Å². The maximum Gasteiger partial charge on any atom is 0.0342 e. The van der Waals surface area contributed by atoms with Crippen molar-refractivity contribution >= 4 is 5.69 Å². The van der Waals surface area contributed by atoms with Crippen LogP contribution >= 0.6 is 0 Å². The molecule has 0 aromatic heterocycles. The molecule has 19 heavy (non-hydrogen) atoms. The van der Waals surface area contributed by atoms with Gasteiger partial charge >= 0.3 is 0 Å². The third kappa shape index (κ3) is 4.26. The van der Waals surface area contributed by atoms with Gasteiger partial charge in [0.25, 0.3) is 0 Å². The predicted molar refractivity (Wildman–Crippen MR) is 84.6 cm³/mol. The number of anilines is 1. The Kier molecular flexibility index (Phi) is 5.30. The first-order chi connectivity index (χ1) is 9.19. The van der Waals surface area contributed by atoms with Crippen LogP contribution in [0.2, 0.25) is 0 Å². The van der Waals surface area contributed by atoms with E-state index < -0.39 is 0 Å². The van der Waals surface area contributed by atoms with Crippen LogP contribution in [-0.4, -0.2) is 6.04 Å². The van der Waals surface area contributed by atoms with Crippen LogP contribution < -0.4 is 5.32 Å². The van der Waals surface area contributed by atoms with Gasteiger partial charge in [0, 0.05) is 11.7 Å². The molecule has 1 N–H and O–H groups in total. The highest BCUT2D eigenvalue weighted by Crippen LogP contribution is 2.31. The van der Waals surface area contributed by atoms with Crippen LogP contribution in [0.3, 0.4) is 0 Å². The molecule has 1 fully saturated rings. The Hall–Kier alpha value is -0.980. The maximum absolute atomic E-state index is 3.71. The average Bonchev–Trinajstić information content (AvgIpc) is 2.42. The molecule has 0 spiro atoms. The van der Waals surface area contributed by atoms with Gasteiger partial charge in [-0.1, -0.05) is 39.3 Å². The fourth-order valence-corrected chi connectivity index (χ4v) is 3.22. The van der Waals surface area contributed by atoms with E-state index in [-0.39, 0.29) is 0 Å². The zero-order chi connectivity index (χ0) is 13.7. The van der Waals surface area contributed by atoms with E-state index in [9.17, 15) is 0 Å². The molecule has 0 saturated heterocycles. The van der Waals surface area contributed by atoms with Crippen LogP contribution in [0, 0.1) is 11.8 Å². The normalized spacial score (nSPS) is 23.6. The highest BCUT2D eigenvalue weighted by atomic mass is 14.9. The summed E-state index contributed by atoms with van der Waals surface area (Å²) in [6, 6.07) is 9.72. The van der Waals surface area contributed by atoms with E-state index in [4.69, 9.17) is 0 Å². The van der Waals surface area contributed by atoms with Crippen molar-refractivity contribution in [3.05, 3.63) is 29.8 Å². The Balaban J connectivity index is 1.82. The molecule has 0 radical (unpaired) electrons. The number of aryl methyl sites for hydroxylation is 1. The van der Waals surface area contributed by atoms with Crippen molar-refractivity contribution in [2.24, 2.45) is 11.8 Å². The number of hydrogen-bond acceptors (Lipinski definition) is 1. The molecule has 1 saturated carbocycles. The summed E-state index contributed by atoms with van der Waals surface area (Å²) in [6.45, 7) is 6.97. The second-order valence-corrected chi connectivity index (χ2v) is 6.45. The van der Waals surface area contributed by atoms with Gasteiger partial charge < -0.3 is 5.32 Å². The summed E-state index contributed by atoms with van der Waals surface area (Å²) in [5.74, 6) is 1.80. The highest BCUT2D eigenvalue weighted by molar-refractivity contribution is 5.45. The number of benzene rings is 1. The first kappa shape index (κ1) is 14.4. The lowest BCUT2D eigenvalue weighted by Gasteiger charge is -2.31. The summed E-state index contributed by atoms with van der Waals surface area (Å²) in [5.41, 5.74) is 2.75. The second-order valence-electron chi connectivity index (χ2n) is 6.45. The smallest absolute Gasteiger partial charge is 0.0342 e. The van der Waals surface area contributed by atoms with Gasteiger partial charge in [0.05, 0.1) is 0 Å². The van der Waals surface area contributed by atoms with Crippen molar-refractivity contribution in [3.8, 4) is 0 Å². The molecule has 1 aliphatic carbocycles. The SMILES string of the molecule is CCCc1ccc(NC2CCC(C(C)C)CC2)cc1. The van der Waals surface area contributed by atoms with Crippen molar-refractivity contribution in [2.75, 3.05) is 5.32 Å². The lowest BCUT2D eigenvalue weighted by atomic mass is 9.79. The molecular formula is C18H29N. The van der Waals surface area contributed by atoms with Crippen LogP contribution in [0.25, 0.3) is 0 Å². The molecule has 1 heteroatoms. The Morgan fingerprint density at radius 1 is 1.05 bits per heavy atom. The van der Waals surface area contributed by atoms with Crippen molar-refractivity contribution in [1.82, 2.24) is 0 Å². The molecular weight excluding hydrogens is 230 g/mol. The average molecular weight is 259 g/mol. The molecule has 0 amide bonds. The molecule has 1 aromatic rings. The minimum Gasteiger partial charge on any atom is -0.382 e. The Labute approximate surface area is 118 Å². The van der Waals surface area contributed by atoms with Gasteiger partial charge in [0.2, 0.25) is 0 Å². The Bertz CT molecular complexity index is 358. The van der Waals surface area contributed by atoms with Crippen LogP contribution in [0.5, 0.6) is 0 Å². The van der Waals surface area contributed by atoms with E-state index in [1.807, 2.05) is 0 Å². The van der Waals surface area contributed by atoms with E-state index in [1.54, 1.807) is 0 Å². The largest absolute Gasteiger partial charge is 0.382 e. The van der Waals surface area contributed by atoms with Gasteiger partial charge in [-0.3, -0.25) is 0 Å². The lowest BCUT2D eigenvalue weighted by Crippen LogP contribution is -2.27. The van der Waals surface area contributed by atoms with Crippen LogP contribution in [0.1, 0.15) is 58.4 Å². The topological polar surface area (TPSA) is 12.0 Å². The van der Waals surface area contributed by atoms with E-state index in [0.717, 1.165) is 11.8 Å². The van der Waals surface area contributed by atoms with E-state index in [2.05, 4.69) is 50.4 Å². The first-order valence-electron chi connectivity index (χ1n) is 8.04. The minimum absolute atomic E-state index is 0.687. The molecule has 0 bridgehead atoms. The molecule has 0 atom stereocenters. The molecule has 0 aliphatic heterocycles. The van der Waals surface area contributed by atoms with E-state index in [0.29, 0.717) is 6.04 Å². The summed E-state index contributed by atoms with van der Waals surface area (Å²) in [4.78, 5) is 0. The minimum atomic E-state index is 0.687. The summed E-state index contributed by atoms with van der Waals surface area (Å²) >= 11 is 0. The third-order valence-electron chi connectivity index (χ3n) is 4.58. The quantitative estimate of drug-likeness (QED) is 0.760. The van der Waals surface area contributed by atoms with Gasteiger partial charge in [0.15, 0.2) is 0 Å². The highest BCUT2D eigenvalue weighted by Gasteiger charge is 2.22. The van der Waals surface area contributed by atoms with Gasteiger partial charge in [-0.25, -0.2) is 0 Å². The standard InChI is InChI=1S/C18H29N/c1-4-5-15-6-10-17(11-7-15)19-18-12-8-16(9-13-18)14(2)3/h6-7,10-11,14,16,18-19H,4-5,8-9,12-13H2,1-3H3. The second kappa shape index (κ2) is 6.98. The predicted octanol–water partition coefficient (Wildman–Crippen LogP) is 5.27. The van der Waals surface area contributed by atoms with Gasteiger partial charge in [-0.15, -0.1) is 0 Å². The van der Waals surface area contributed by atoms with Crippen LogP contribution in [0.15, 0.2) is 24.3 Å². The molecule has 2 rings (SSSR count). The zero-order valence-corrected chi connectivity index (χ0v) is 12.8. The van der Waals surface area contributed by atoms with Crippen molar-refractivity contribution in [3.63, 3.8) is 0 Å². The zero-order valence-electron chi connectivity index (χ0n) is 12.8. The van der Waals surface area contributed by atoms with Gasteiger partial charge in [0.1, 0.15) is 0 Å². The van der Waals surface area contributed by atoms with Crippen LogP contribution in [-0.2, 0) is 6.42 Å². The first-order valence-corrected chi connectivity index (χ1v) is 8.04.